The van der Waals surface area contributed by atoms with Gasteiger partial charge in [-0.1, -0.05) is 30.3 Å². The second-order valence-electron chi connectivity index (χ2n) is 7.93. The fourth-order valence-electron chi connectivity index (χ4n) is 3.28. The maximum Gasteiger partial charge on any atom is 0.255 e. The lowest BCUT2D eigenvalue weighted by Crippen LogP contribution is -2.26. The number of carbonyl (C=O) groups is 2. The number of amides is 2. The highest BCUT2D eigenvalue weighted by Gasteiger charge is 2.12. The fourth-order valence-corrected chi connectivity index (χ4v) is 3.91. The average molecular weight is 481 g/mol. The van der Waals surface area contributed by atoms with E-state index in [1.807, 2.05) is 43.3 Å². The molecule has 0 aliphatic carbocycles. The molecule has 1 atom stereocenters. The van der Waals surface area contributed by atoms with Gasteiger partial charge in [-0.15, -0.1) is 0 Å². The summed E-state index contributed by atoms with van der Waals surface area (Å²) in [5.41, 5.74) is 2.10. The van der Waals surface area contributed by atoms with Crippen LogP contribution in [-0.4, -0.2) is 33.1 Å². The van der Waals surface area contributed by atoms with Crippen molar-refractivity contribution in [2.45, 2.75) is 30.7 Å². The summed E-state index contributed by atoms with van der Waals surface area (Å²) < 4.78 is 28.6. The number of ether oxygens (including phenoxy) is 1. The SMILES string of the molecule is CC(NC(=O)CCCOc1ccc(S(C)(=O)=O)cc1)c1cccc(NC(=O)c2ccccc2)c1. The van der Waals surface area contributed by atoms with Crippen molar-refractivity contribution < 1.29 is 22.7 Å². The number of hydrogen-bond acceptors (Lipinski definition) is 5. The van der Waals surface area contributed by atoms with Crippen molar-refractivity contribution in [2.24, 2.45) is 0 Å². The lowest BCUT2D eigenvalue weighted by Gasteiger charge is -2.16. The van der Waals surface area contributed by atoms with Crippen LogP contribution in [-0.2, 0) is 14.6 Å². The number of anilines is 1. The number of benzene rings is 3. The topological polar surface area (TPSA) is 102 Å². The summed E-state index contributed by atoms with van der Waals surface area (Å²) in [6.45, 7) is 2.22. The molecule has 7 nitrogen and oxygen atoms in total. The maximum absolute atomic E-state index is 12.4. The second-order valence-corrected chi connectivity index (χ2v) is 9.95. The number of carbonyl (C=O) groups excluding carboxylic acids is 2. The molecular weight excluding hydrogens is 452 g/mol. The molecule has 0 spiro atoms. The molecular formula is C26H28N2O5S. The summed E-state index contributed by atoms with van der Waals surface area (Å²) in [6, 6.07) is 22.3. The summed E-state index contributed by atoms with van der Waals surface area (Å²) >= 11 is 0. The Kier molecular flexibility index (Phi) is 8.43. The van der Waals surface area contributed by atoms with Gasteiger partial charge in [-0.3, -0.25) is 9.59 Å². The van der Waals surface area contributed by atoms with Gasteiger partial charge in [0.05, 0.1) is 17.5 Å². The van der Waals surface area contributed by atoms with Crippen molar-refractivity contribution >= 4 is 27.3 Å². The van der Waals surface area contributed by atoms with Crippen molar-refractivity contribution in [3.05, 3.63) is 90.0 Å². The molecule has 0 saturated carbocycles. The van der Waals surface area contributed by atoms with Crippen LogP contribution in [0, 0.1) is 0 Å². The summed E-state index contributed by atoms with van der Waals surface area (Å²) in [7, 11) is -3.24. The van der Waals surface area contributed by atoms with Gasteiger partial charge in [0.1, 0.15) is 5.75 Å². The standard InChI is InChI=1S/C26H28N2O5S/c1-19(21-10-6-11-22(18-21)28-26(30)20-8-4-3-5-9-20)27-25(29)12-7-17-33-23-13-15-24(16-14-23)34(2,31)32/h3-6,8-11,13-16,18-19H,7,12,17H2,1-2H3,(H,27,29)(H,28,30). The van der Waals surface area contributed by atoms with E-state index in [0.29, 0.717) is 30.0 Å². The largest absolute Gasteiger partial charge is 0.494 e. The molecule has 0 saturated heterocycles. The molecule has 0 aliphatic rings. The Labute approximate surface area is 200 Å². The Morgan fingerprint density at radius 1 is 0.941 bits per heavy atom. The minimum atomic E-state index is -3.24. The zero-order chi connectivity index (χ0) is 24.6. The first kappa shape index (κ1) is 25.0. The quantitative estimate of drug-likeness (QED) is 0.420. The Hall–Kier alpha value is -3.65. The van der Waals surface area contributed by atoms with Crippen molar-refractivity contribution in [1.82, 2.24) is 5.32 Å². The normalized spacial score (nSPS) is 11.9. The first-order valence-corrected chi connectivity index (χ1v) is 12.8. The monoisotopic (exact) mass is 480 g/mol. The van der Waals surface area contributed by atoms with Crippen molar-refractivity contribution in [3.63, 3.8) is 0 Å². The van der Waals surface area contributed by atoms with E-state index in [9.17, 15) is 18.0 Å². The van der Waals surface area contributed by atoms with Crippen LogP contribution in [0.5, 0.6) is 5.75 Å². The summed E-state index contributed by atoms with van der Waals surface area (Å²) in [5.74, 6) is 0.248. The highest BCUT2D eigenvalue weighted by Crippen LogP contribution is 2.19. The average Bonchev–Trinajstić information content (AvgIpc) is 2.82. The van der Waals surface area contributed by atoms with Gasteiger partial charge in [0.25, 0.3) is 5.91 Å². The van der Waals surface area contributed by atoms with E-state index in [-0.39, 0.29) is 29.2 Å². The number of hydrogen-bond donors (Lipinski definition) is 2. The van der Waals surface area contributed by atoms with E-state index in [1.165, 1.54) is 12.1 Å². The van der Waals surface area contributed by atoms with Gasteiger partial charge < -0.3 is 15.4 Å². The zero-order valence-corrected chi connectivity index (χ0v) is 20.0. The van der Waals surface area contributed by atoms with Gasteiger partial charge in [0, 0.05) is 23.9 Å². The Balaban J connectivity index is 1.44. The van der Waals surface area contributed by atoms with Gasteiger partial charge in [0.2, 0.25) is 5.91 Å². The van der Waals surface area contributed by atoms with E-state index in [2.05, 4.69) is 10.6 Å². The van der Waals surface area contributed by atoms with E-state index in [1.54, 1.807) is 30.3 Å². The molecule has 1 unspecified atom stereocenters. The Morgan fingerprint density at radius 2 is 1.65 bits per heavy atom. The van der Waals surface area contributed by atoms with Crippen LogP contribution in [0.1, 0.15) is 41.7 Å². The van der Waals surface area contributed by atoms with Gasteiger partial charge in [-0.2, -0.15) is 0 Å². The predicted octanol–water partition coefficient (Wildman–Crippen LogP) is 4.38. The third-order valence-corrected chi connectivity index (χ3v) is 6.26. The highest BCUT2D eigenvalue weighted by atomic mass is 32.2. The van der Waals surface area contributed by atoms with Gasteiger partial charge in [-0.25, -0.2) is 8.42 Å². The van der Waals surface area contributed by atoms with Crippen LogP contribution in [0.25, 0.3) is 0 Å². The molecule has 0 fully saturated rings. The van der Waals surface area contributed by atoms with Gasteiger partial charge in [0.15, 0.2) is 9.84 Å². The van der Waals surface area contributed by atoms with Crippen molar-refractivity contribution in [1.29, 1.82) is 0 Å². The smallest absolute Gasteiger partial charge is 0.255 e. The minimum Gasteiger partial charge on any atom is -0.494 e. The summed E-state index contributed by atoms with van der Waals surface area (Å²) in [5, 5.41) is 5.83. The van der Waals surface area contributed by atoms with Crippen LogP contribution >= 0.6 is 0 Å². The molecule has 8 heteroatoms. The van der Waals surface area contributed by atoms with Crippen LogP contribution in [0.15, 0.2) is 83.8 Å². The van der Waals surface area contributed by atoms with Crippen LogP contribution in [0.2, 0.25) is 0 Å². The zero-order valence-electron chi connectivity index (χ0n) is 19.2. The van der Waals surface area contributed by atoms with Crippen LogP contribution in [0.4, 0.5) is 5.69 Å². The van der Waals surface area contributed by atoms with Crippen molar-refractivity contribution in [2.75, 3.05) is 18.2 Å². The molecule has 0 radical (unpaired) electrons. The molecule has 2 N–H and O–H groups in total. The lowest BCUT2D eigenvalue weighted by molar-refractivity contribution is -0.121. The molecule has 0 bridgehead atoms. The highest BCUT2D eigenvalue weighted by molar-refractivity contribution is 7.90. The number of nitrogens with one attached hydrogen (secondary N) is 2. The fraction of sp³-hybridized carbons (Fsp3) is 0.231. The molecule has 0 heterocycles. The van der Waals surface area contributed by atoms with E-state index < -0.39 is 9.84 Å². The minimum absolute atomic E-state index is 0.109. The van der Waals surface area contributed by atoms with E-state index in [0.717, 1.165) is 11.8 Å². The Morgan fingerprint density at radius 3 is 2.32 bits per heavy atom. The summed E-state index contributed by atoms with van der Waals surface area (Å²) in [6.07, 6.45) is 1.95. The second kappa shape index (κ2) is 11.5. The first-order chi connectivity index (χ1) is 16.2. The molecule has 0 aromatic heterocycles. The number of rotatable bonds is 10. The molecule has 3 rings (SSSR count). The number of sulfone groups is 1. The van der Waals surface area contributed by atoms with E-state index in [4.69, 9.17) is 4.74 Å². The predicted molar refractivity (Wildman–Crippen MR) is 132 cm³/mol. The molecule has 34 heavy (non-hydrogen) atoms. The maximum atomic E-state index is 12.4. The first-order valence-electron chi connectivity index (χ1n) is 10.9. The van der Waals surface area contributed by atoms with Crippen LogP contribution in [0.3, 0.4) is 0 Å². The van der Waals surface area contributed by atoms with Gasteiger partial charge in [-0.05, 0) is 67.4 Å². The van der Waals surface area contributed by atoms with E-state index >= 15 is 0 Å². The third-order valence-electron chi connectivity index (χ3n) is 5.13. The molecule has 2 amide bonds. The molecule has 178 valence electrons. The summed E-state index contributed by atoms with van der Waals surface area (Å²) in [4.78, 5) is 24.9. The molecule has 0 aliphatic heterocycles. The van der Waals surface area contributed by atoms with Gasteiger partial charge >= 0.3 is 0 Å². The Bertz CT molecular complexity index is 1230. The van der Waals surface area contributed by atoms with Crippen LogP contribution < -0.4 is 15.4 Å². The molecule has 3 aromatic carbocycles. The van der Waals surface area contributed by atoms with Crippen molar-refractivity contribution in [3.8, 4) is 5.75 Å². The third kappa shape index (κ3) is 7.45. The lowest BCUT2D eigenvalue weighted by atomic mass is 10.1. The molecule has 3 aromatic rings.